The van der Waals surface area contributed by atoms with Crippen molar-refractivity contribution >= 4 is 29.5 Å². The SMILES string of the molecule is O=C(O)c1csc(=S)[nH]1. The van der Waals surface area contributed by atoms with E-state index in [4.69, 9.17) is 5.11 Å². The second-order valence-electron chi connectivity index (χ2n) is 1.37. The van der Waals surface area contributed by atoms with Crippen LogP contribution in [0.2, 0.25) is 0 Å². The first-order valence-electron chi connectivity index (χ1n) is 2.11. The van der Waals surface area contributed by atoms with E-state index in [-0.39, 0.29) is 5.69 Å². The maximum Gasteiger partial charge on any atom is 0.353 e. The van der Waals surface area contributed by atoms with E-state index in [0.29, 0.717) is 3.95 Å². The Bertz CT molecular complexity index is 274. The first-order chi connectivity index (χ1) is 4.20. The van der Waals surface area contributed by atoms with Crippen molar-refractivity contribution in [2.45, 2.75) is 0 Å². The third-order valence-electron chi connectivity index (χ3n) is 0.751. The van der Waals surface area contributed by atoms with Crippen molar-refractivity contribution in [3.8, 4) is 0 Å². The largest absolute Gasteiger partial charge is 0.477 e. The first kappa shape index (κ1) is 6.44. The minimum Gasteiger partial charge on any atom is -0.477 e. The van der Waals surface area contributed by atoms with Gasteiger partial charge in [0, 0.05) is 5.38 Å². The summed E-state index contributed by atoms with van der Waals surface area (Å²) in [5, 5.41) is 9.80. The van der Waals surface area contributed by atoms with Crippen molar-refractivity contribution < 1.29 is 9.90 Å². The van der Waals surface area contributed by atoms with Gasteiger partial charge in [0.15, 0.2) is 3.95 Å². The number of H-pyrrole nitrogens is 1. The van der Waals surface area contributed by atoms with Gasteiger partial charge in [0.1, 0.15) is 5.69 Å². The summed E-state index contributed by atoms with van der Waals surface area (Å²) in [7, 11) is 0. The molecule has 0 aliphatic heterocycles. The van der Waals surface area contributed by atoms with E-state index >= 15 is 0 Å². The van der Waals surface area contributed by atoms with Crippen LogP contribution >= 0.6 is 23.6 Å². The lowest BCUT2D eigenvalue weighted by atomic mass is 10.5. The highest BCUT2D eigenvalue weighted by atomic mass is 32.1. The highest BCUT2D eigenvalue weighted by Crippen LogP contribution is 2.02. The molecule has 0 aliphatic rings. The average Bonchev–Trinajstić information content (AvgIpc) is 2.14. The Morgan fingerprint density at radius 1 is 1.89 bits per heavy atom. The summed E-state index contributed by atoms with van der Waals surface area (Å²) in [4.78, 5) is 12.7. The molecule has 1 aromatic rings. The first-order valence-corrected chi connectivity index (χ1v) is 3.40. The summed E-state index contributed by atoms with van der Waals surface area (Å²) in [6, 6.07) is 0. The van der Waals surface area contributed by atoms with Crippen molar-refractivity contribution in [1.29, 1.82) is 0 Å². The fourth-order valence-corrected chi connectivity index (χ4v) is 1.19. The van der Waals surface area contributed by atoms with E-state index in [9.17, 15) is 4.79 Å². The Kier molecular flexibility index (Phi) is 1.63. The van der Waals surface area contributed by atoms with E-state index in [1.807, 2.05) is 0 Å². The number of carboxylic acids is 1. The number of carbonyl (C=O) groups is 1. The molecule has 2 N–H and O–H groups in total. The van der Waals surface area contributed by atoms with E-state index in [1.54, 1.807) is 0 Å². The van der Waals surface area contributed by atoms with Crippen LogP contribution in [0.5, 0.6) is 0 Å². The predicted molar refractivity (Wildman–Crippen MR) is 36.5 cm³/mol. The molecule has 0 saturated carbocycles. The summed E-state index contributed by atoms with van der Waals surface area (Å²) < 4.78 is 0.493. The van der Waals surface area contributed by atoms with Gasteiger partial charge in [0.05, 0.1) is 0 Å². The number of thiazole rings is 1. The van der Waals surface area contributed by atoms with Crippen LogP contribution in [0.25, 0.3) is 0 Å². The van der Waals surface area contributed by atoms with Crippen LogP contribution in [-0.4, -0.2) is 16.1 Å². The van der Waals surface area contributed by atoms with Crippen LogP contribution in [-0.2, 0) is 0 Å². The highest BCUT2D eigenvalue weighted by molar-refractivity contribution is 7.73. The quantitative estimate of drug-likeness (QED) is 0.614. The molecular weight excluding hydrogens is 158 g/mol. The van der Waals surface area contributed by atoms with E-state index in [0.717, 1.165) is 0 Å². The van der Waals surface area contributed by atoms with Crippen LogP contribution in [0, 0.1) is 3.95 Å². The van der Waals surface area contributed by atoms with Crippen molar-refractivity contribution in [3.05, 3.63) is 15.0 Å². The zero-order valence-electron chi connectivity index (χ0n) is 4.25. The minimum atomic E-state index is -0.970. The zero-order valence-corrected chi connectivity index (χ0v) is 5.88. The fraction of sp³-hybridized carbons (Fsp3) is 0. The molecule has 0 aromatic carbocycles. The second-order valence-corrected chi connectivity index (χ2v) is 2.91. The minimum absolute atomic E-state index is 0.157. The van der Waals surface area contributed by atoms with E-state index in [1.165, 1.54) is 16.7 Å². The summed E-state index contributed by atoms with van der Waals surface area (Å²) in [5.74, 6) is -0.970. The molecule has 0 amide bonds. The number of aromatic carboxylic acids is 1. The fourth-order valence-electron chi connectivity index (χ4n) is 0.385. The van der Waals surface area contributed by atoms with Gasteiger partial charge in [-0.2, -0.15) is 0 Å². The van der Waals surface area contributed by atoms with Crippen LogP contribution in [0.15, 0.2) is 5.38 Å². The Balaban J connectivity index is 3.12. The maximum absolute atomic E-state index is 10.1. The van der Waals surface area contributed by atoms with Crippen molar-refractivity contribution in [2.24, 2.45) is 0 Å². The van der Waals surface area contributed by atoms with Crippen molar-refractivity contribution in [1.82, 2.24) is 4.98 Å². The Morgan fingerprint density at radius 3 is 2.78 bits per heavy atom. The smallest absolute Gasteiger partial charge is 0.353 e. The molecule has 0 spiro atoms. The molecule has 0 aliphatic carbocycles. The number of rotatable bonds is 1. The van der Waals surface area contributed by atoms with Crippen molar-refractivity contribution in [3.63, 3.8) is 0 Å². The molecule has 3 nitrogen and oxygen atoms in total. The van der Waals surface area contributed by atoms with Gasteiger partial charge >= 0.3 is 5.97 Å². The summed E-state index contributed by atoms with van der Waals surface area (Å²) in [6.45, 7) is 0. The Labute approximate surface area is 60.0 Å². The van der Waals surface area contributed by atoms with Crippen molar-refractivity contribution in [2.75, 3.05) is 0 Å². The normalized spacial score (nSPS) is 9.33. The van der Waals surface area contributed by atoms with Crippen LogP contribution in [0.4, 0.5) is 0 Å². The predicted octanol–water partition coefficient (Wildman–Crippen LogP) is 1.50. The molecule has 48 valence electrons. The molecule has 0 fully saturated rings. The molecule has 1 heterocycles. The second kappa shape index (κ2) is 2.28. The number of aromatic amines is 1. The van der Waals surface area contributed by atoms with Gasteiger partial charge in [-0.25, -0.2) is 4.79 Å². The molecule has 0 unspecified atom stereocenters. The van der Waals surface area contributed by atoms with Gasteiger partial charge in [0.2, 0.25) is 0 Å². The summed E-state index contributed by atoms with van der Waals surface area (Å²) in [6.07, 6.45) is 0. The van der Waals surface area contributed by atoms with Crippen LogP contribution in [0.3, 0.4) is 0 Å². The lowest BCUT2D eigenvalue weighted by Crippen LogP contribution is -1.94. The summed E-state index contributed by atoms with van der Waals surface area (Å²) in [5.41, 5.74) is 0.157. The molecule has 1 aromatic heterocycles. The van der Waals surface area contributed by atoms with E-state index in [2.05, 4.69) is 17.2 Å². The average molecular weight is 161 g/mol. The number of hydrogen-bond acceptors (Lipinski definition) is 3. The zero-order chi connectivity index (χ0) is 6.85. The Morgan fingerprint density at radius 2 is 2.56 bits per heavy atom. The lowest BCUT2D eigenvalue weighted by molar-refractivity contribution is 0.0691. The highest BCUT2D eigenvalue weighted by Gasteiger charge is 2.01. The maximum atomic E-state index is 10.1. The lowest BCUT2D eigenvalue weighted by Gasteiger charge is -1.80. The van der Waals surface area contributed by atoms with Gasteiger partial charge < -0.3 is 10.1 Å². The number of carboxylic acid groups (broad SMARTS) is 1. The van der Waals surface area contributed by atoms with Gasteiger partial charge in [-0.1, -0.05) is 0 Å². The molecule has 0 atom stereocenters. The van der Waals surface area contributed by atoms with E-state index < -0.39 is 5.97 Å². The third kappa shape index (κ3) is 1.36. The Hall–Kier alpha value is -0.680. The molecular formula is C4H3NO2S2. The molecule has 0 saturated heterocycles. The number of nitrogens with one attached hydrogen (secondary N) is 1. The molecule has 0 radical (unpaired) electrons. The number of hydrogen-bond donors (Lipinski definition) is 2. The molecule has 5 heteroatoms. The van der Waals surface area contributed by atoms with Gasteiger partial charge in [-0.05, 0) is 12.2 Å². The third-order valence-corrected chi connectivity index (χ3v) is 1.81. The monoisotopic (exact) mass is 161 g/mol. The number of aromatic nitrogens is 1. The van der Waals surface area contributed by atoms with Crippen LogP contribution < -0.4 is 0 Å². The standard InChI is InChI=1S/C4H3NO2S2/c6-3(7)2-1-9-4(8)5-2/h1H,(H,5,8)(H,6,7). The molecule has 1 rings (SSSR count). The van der Waals surface area contributed by atoms with Gasteiger partial charge in [-0.15, -0.1) is 11.3 Å². The van der Waals surface area contributed by atoms with Gasteiger partial charge in [0.25, 0.3) is 0 Å². The van der Waals surface area contributed by atoms with Gasteiger partial charge in [-0.3, -0.25) is 0 Å². The topological polar surface area (TPSA) is 53.1 Å². The van der Waals surface area contributed by atoms with Crippen LogP contribution in [0.1, 0.15) is 10.5 Å². The molecule has 0 bridgehead atoms. The summed E-state index contributed by atoms with van der Waals surface area (Å²) >= 11 is 5.86. The molecule has 9 heavy (non-hydrogen) atoms.